The Morgan fingerprint density at radius 1 is 1.30 bits per heavy atom. The third-order valence-electron chi connectivity index (χ3n) is 4.05. The predicted molar refractivity (Wildman–Crippen MR) is 105 cm³/mol. The normalized spacial score (nSPS) is 13.4. The van der Waals surface area contributed by atoms with Gasteiger partial charge in [0.15, 0.2) is 0 Å². The van der Waals surface area contributed by atoms with E-state index in [9.17, 15) is 18.0 Å². The van der Waals surface area contributed by atoms with E-state index in [2.05, 4.69) is 21.3 Å². The van der Waals surface area contributed by atoms with E-state index in [-0.39, 0.29) is 29.3 Å². The van der Waals surface area contributed by atoms with Gasteiger partial charge in [-0.2, -0.15) is 13.2 Å². The molecule has 0 aliphatic heterocycles. The third kappa shape index (κ3) is 5.93. The van der Waals surface area contributed by atoms with E-state index in [4.69, 9.17) is 16.2 Å². The van der Waals surface area contributed by atoms with Crippen LogP contribution in [-0.2, 0) is 6.18 Å². The van der Waals surface area contributed by atoms with Crippen molar-refractivity contribution in [1.82, 2.24) is 9.97 Å². The SMILES string of the molecule is C=C(C)C[C@@](C)(N)COc1cnc(-c2ccnc(OC(N)=O)c2)c(C)c1C(F)(F)F. The van der Waals surface area contributed by atoms with Gasteiger partial charge in [-0.25, -0.2) is 9.78 Å². The standard InChI is InChI=1S/C20H23F3N4O3/c1-11(2)8-19(4,25)10-29-14-9-27-17(12(3)16(14)20(21,22)23)13-5-6-26-15(7-13)30-18(24)28/h5-7,9H,1,8,10,25H2,2-4H3,(H2,24,28)/t19-/m1/s1. The molecule has 4 N–H and O–H groups in total. The van der Waals surface area contributed by atoms with Crippen LogP contribution in [0.2, 0.25) is 0 Å². The van der Waals surface area contributed by atoms with Crippen molar-refractivity contribution in [1.29, 1.82) is 0 Å². The van der Waals surface area contributed by atoms with Crippen molar-refractivity contribution >= 4 is 6.09 Å². The van der Waals surface area contributed by atoms with Crippen molar-refractivity contribution in [2.45, 2.75) is 38.9 Å². The molecule has 2 rings (SSSR count). The van der Waals surface area contributed by atoms with E-state index in [1.807, 2.05) is 0 Å². The molecule has 162 valence electrons. The summed E-state index contributed by atoms with van der Waals surface area (Å²) in [6, 6.07) is 2.71. The molecule has 0 radical (unpaired) electrons. The van der Waals surface area contributed by atoms with Crippen LogP contribution in [0.5, 0.6) is 11.6 Å². The molecule has 1 atom stereocenters. The highest BCUT2D eigenvalue weighted by Crippen LogP contribution is 2.41. The van der Waals surface area contributed by atoms with Gasteiger partial charge in [0.2, 0.25) is 5.88 Å². The Labute approximate surface area is 171 Å². The largest absolute Gasteiger partial charge is 0.489 e. The molecule has 2 aromatic heterocycles. The van der Waals surface area contributed by atoms with Crippen LogP contribution < -0.4 is 20.9 Å². The first kappa shape index (κ1) is 23.1. The summed E-state index contributed by atoms with van der Waals surface area (Å²) in [6.07, 6.45) is -3.14. The first-order chi connectivity index (χ1) is 13.8. The van der Waals surface area contributed by atoms with Crippen LogP contribution in [0.4, 0.5) is 18.0 Å². The summed E-state index contributed by atoms with van der Waals surface area (Å²) in [5.41, 5.74) is 10.1. The summed E-state index contributed by atoms with van der Waals surface area (Å²) >= 11 is 0. The number of carbonyl (C=O) groups excluding carboxylic acids is 1. The zero-order valence-electron chi connectivity index (χ0n) is 16.8. The maximum Gasteiger partial charge on any atom is 0.420 e. The number of nitrogens with two attached hydrogens (primary N) is 2. The lowest BCUT2D eigenvalue weighted by atomic mass is 9.96. The number of aromatic nitrogens is 2. The fourth-order valence-corrected chi connectivity index (χ4v) is 3.04. The van der Waals surface area contributed by atoms with E-state index in [0.717, 1.165) is 11.8 Å². The Bertz CT molecular complexity index is 959. The lowest BCUT2D eigenvalue weighted by molar-refractivity contribution is -0.139. The van der Waals surface area contributed by atoms with Crippen molar-refractivity contribution < 1.29 is 27.4 Å². The summed E-state index contributed by atoms with van der Waals surface area (Å²) < 4.78 is 51.6. The molecule has 0 aromatic carbocycles. The minimum Gasteiger partial charge on any atom is -0.489 e. The zero-order chi connectivity index (χ0) is 22.7. The summed E-state index contributed by atoms with van der Waals surface area (Å²) in [7, 11) is 0. The van der Waals surface area contributed by atoms with Crippen molar-refractivity contribution in [3.8, 4) is 22.9 Å². The number of ether oxygens (including phenoxy) is 2. The van der Waals surface area contributed by atoms with E-state index >= 15 is 0 Å². The molecular formula is C20H23F3N4O3. The molecule has 1 amide bonds. The van der Waals surface area contributed by atoms with Gasteiger partial charge >= 0.3 is 12.3 Å². The molecule has 0 aliphatic carbocycles. The molecule has 0 saturated carbocycles. The first-order valence-electron chi connectivity index (χ1n) is 8.87. The molecule has 0 fully saturated rings. The maximum atomic E-state index is 13.8. The molecule has 7 nitrogen and oxygen atoms in total. The van der Waals surface area contributed by atoms with Gasteiger partial charge in [0.25, 0.3) is 0 Å². The molecule has 2 heterocycles. The monoisotopic (exact) mass is 424 g/mol. The minimum absolute atomic E-state index is 0.0313. The summed E-state index contributed by atoms with van der Waals surface area (Å²) in [5, 5.41) is 0. The van der Waals surface area contributed by atoms with Crippen molar-refractivity contribution in [2.75, 3.05) is 6.61 Å². The van der Waals surface area contributed by atoms with Gasteiger partial charge in [-0.1, -0.05) is 5.57 Å². The second kappa shape index (κ2) is 8.70. The quantitative estimate of drug-likeness (QED) is 0.650. The molecule has 0 saturated heterocycles. The van der Waals surface area contributed by atoms with Crippen molar-refractivity contribution in [3.63, 3.8) is 0 Å². The lowest BCUT2D eigenvalue weighted by Crippen LogP contribution is -2.42. The molecule has 2 aromatic rings. The number of alkyl halides is 3. The van der Waals surface area contributed by atoms with Gasteiger partial charge < -0.3 is 20.9 Å². The van der Waals surface area contributed by atoms with Crippen LogP contribution in [0, 0.1) is 6.92 Å². The van der Waals surface area contributed by atoms with Gasteiger partial charge in [-0.05, 0) is 38.8 Å². The minimum atomic E-state index is -4.70. The van der Waals surface area contributed by atoms with Crippen molar-refractivity contribution in [3.05, 3.63) is 47.8 Å². The van der Waals surface area contributed by atoms with Gasteiger partial charge in [-0.15, -0.1) is 6.58 Å². The number of halogens is 3. The van der Waals surface area contributed by atoms with Crippen LogP contribution in [-0.4, -0.2) is 28.2 Å². The fraction of sp³-hybridized carbons (Fsp3) is 0.350. The van der Waals surface area contributed by atoms with Gasteiger partial charge in [0, 0.05) is 17.8 Å². The molecule has 0 bridgehead atoms. The molecule has 0 unspecified atom stereocenters. The summed E-state index contributed by atoms with van der Waals surface area (Å²) in [5.74, 6) is -0.585. The number of hydrogen-bond acceptors (Lipinski definition) is 6. The average molecular weight is 424 g/mol. The van der Waals surface area contributed by atoms with Gasteiger partial charge in [0.05, 0.1) is 17.4 Å². The van der Waals surface area contributed by atoms with Crippen LogP contribution in [0.25, 0.3) is 11.3 Å². The Kier molecular flexibility index (Phi) is 6.71. The van der Waals surface area contributed by atoms with Crippen LogP contribution in [0.15, 0.2) is 36.7 Å². The lowest BCUT2D eigenvalue weighted by Gasteiger charge is -2.26. The molecule has 0 aliphatic rings. The average Bonchev–Trinajstić information content (AvgIpc) is 2.57. The Morgan fingerprint density at radius 2 is 1.97 bits per heavy atom. The second-order valence-electron chi connectivity index (χ2n) is 7.35. The number of hydrogen-bond donors (Lipinski definition) is 2. The van der Waals surface area contributed by atoms with E-state index in [1.54, 1.807) is 13.8 Å². The third-order valence-corrected chi connectivity index (χ3v) is 4.05. The Balaban J connectivity index is 2.46. The molecular weight excluding hydrogens is 401 g/mol. The number of rotatable bonds is 7. The predicted octanol–water partition coefficient (Wildman–Crippen LogP) is 3.99. The number of amides is 1. The second-order valence-corrected chi connectivity index (χ2v) is 7.35. The van der Waals surface area contributed by atoms with Crippen LogP contribution >= 0.6 is 0 Å². The maximum absolute atomic E-state index is 13.8. The van der Waals surface area contributed by atoms with E-state index in [1.165, 1.54) is 25.3 Å². The molecule has 0 spiro atoms. The molecule has 30 heavy (non-hydrogen) atoms. The number of nitrogens with zero attached hydrogens (tertiary/aromatic N) is 2. The fourth-order valence-electron chi connectivity index (χ4n) is 3.04. The summed E-state index contributed by atoms with van der Waals surface area (Å²) in [4.78, 5) is 18.8. The highest BCUT2D eigenvalue weighted by Gasteiger charge is 2.38. The first-order valence-corrected chi connectivity index (χ1v) is 8.87. The summed E-state index contributed by atoms with van der Waals surface area (Å²) in [6.45, 7) is 8.33. The van der Waals surface area contributed by atoms with Crippen molar-refractivity contribution in [2.24, 2.45) is 11.5 Å². The Morgan fingerprint density at radius 3 is 2.53 bits per heavy atom. The molecule has 10 heteroatoms. The smallest absolute Gasteiger partial charge is 0.420 e. The van der Waals surface area contributed by atoms with Gasteiger partial charge in [-0.3, -0.25) is 4.98 Å². The van der Waals surface area contributed by atoms with Crippen LogP contribution in [0.1, 0.15) is 31.4 Å². The number of carbonyl (C=O) groups is 1. The Hall–Kier alpha value is -3.14. The van der Waals surface area contributed by atoms with E-state index < -0.39 is 29.1 Å². The highest BCUT2D eigenvalue weighted by atomic mass is 19.4. The zero-order valence-corrected chi connectivity index (χ0v) is 16.8. The highest BCUT2D eigenvalue weighted by molar-refractivity contribution is 5.70. The van der Waals surface area contributed by atoms with Gasteiger partial charge in [0.1, 0.15) is 17.9 Å². The number of pyridine rings is 2. The van der Waals surface area contributed by atoms with Crippen LogP contribution in [0.3, 0.4) is 0 Å². The topological polar surface area (TPSA) is 113 Å². The van der Waals surface area contributed by atoms with E-state index in [0.29, 0.717) is 6.42 Å². The number of primary amides is 1.